The topological polar surface area (TPSA) is 158 Å². The molecule has 5 aliphatic carbocycles. The van der Waals surface area contributed by atoms with Crippen LogP contribution in [0.15, 0.2) is 12.2 Å². The normalized spacial score (nSPS) is 56.7. The molecule has 6 N–H and O–H groups in total. The van der Waals surface area contributed by atoms with Crippen molar-refractivity contribution in [3.8, 4) is 0 Å². The first-order chi connectivity index (χ1) is 23.8. The van der Waals surface area contributed by atoms with E-state index in [2.05, 4.69) is 55.0 Å². The number of aliphatic hydroxyl groups is 6. The molecule has 7 fully saturated rings. The molecule has 51 heavy (non-hydrogen) atoms. The quantitative estimate of drug-likeness (QED) is 0.173. The van der Waals surface area contributed by atoms with Gasteiger partial charge in [-0.3, -0.25) is 0 Å². The minimum atomic E-state index is -1.59. The first kappa shape index (κ1) is 38.6. The molecule has 2 saturated heterocycles. The summed E-state index contributed by atoms with van der Waals surface area (Å²) in [6.07, 6.45) is -0.544. The van der Waals surface area contributed by atoms with Gasteiger partial charge in [-0.05, 0) is 128 Å². The number of hydrogen-bond acceptors (Lipinski definition) is 10. The van der Waals surface area contributed by atoms with Gasteiger partial charge >= 0.3 is 0 Å². The number of ether oxygens (including phenoxy) is 4. The molecule has 0 aromatic carbocycles. The Labute approximate surface area is 305 Å². The summed E-state index contributed by atoms with van der Waals surface area (Å²) in [5.41, 5.74) is 2.30. The lowest BCUT2D eigenvalue weighted by Crippen LogP contribution is -2.67. The lowest BCUT2D eigenvalue weighted by molar-refractivity contribution is -0.361. The van der Waals surface area contributed by atoms with Gasteiger partial charge < -0.3 is 49.6 Å². The van der Waals surface area contributed by atoms with E-state index in [1.165, 1.54) is 50.5 Å². The molecule has 292 valence electrons. The highest BCUT2D eigenvalue weighted by atomic mass is 16.7. The molecule has 7 rings (SSSR count). The molecule has 7 aliphatic rings. The number of hydrogen-bond donors (Lipinski definition) is 6. The van der Waals surface area contributed by atoms with Gasteiger partial charge in [0.05, 0.1) is 19.3 Å². The molecule has 0 spiro atoms. The second kappa shape index (κ2) is 13.2. The number of allylic oxidation sites excluding steroid dienone is 1. The van der Waals surface area contributed by atoms with E-state index in [1.54, 1.807) is 0 Å². The highest BCUT2D eigenvalue weighted by Crippen LogP contribution is 2.77. The van der Waals surface area contributed by atoms with Crippen LogP contribution in [-0.2, 0) is 18.9 Å². The number of fused-ring (bicyclic) bond motifs is 7. The van der Waals surface area contributed by atoms with Crippen LogP contribution in [0.2, 0.25) is 0 Å². The maximum absolute atomic E-state index is 11.3. The third-order valence-electron chi connectivity index (χ3n) is 17.3. The fraction of sp³-hybridized carbons (Fsp3) is 0.951. The van der Waals surface area contributed by atoms with Crippen molar-refractivity contribution in [1.29, 1.82) is 0 Å². The van der Waals surface area contributed by atoms with E-state index in [4.69, 9.17) is 18.9 Å². The Kier molecular flexibility index (Phi) is 10.0. The zero-order chi connectivity index (χ0) is 37.1. The highest BCUT2D eigenvalue weighted by Gasteiger charge is 2.70. The van der Waals surface area contributed by atoms with E-state index in [9.17, 15) is 30.6 Å². The lowest BCUT2D eigenvalue weighted by Gasteiger charge is -2.73. The SMILES string of the molecule is C=C(C)C1CCC2(C)CCC3(C)C(CCC4C5(C)CCC(OC6OC(CO)C(OC7OCC(O)C(O)C7O)C(O)C6O)C(C)(C)C5CCC43C)C12. The monoisotopic (exact) mass is 720 g/mol. The number of rotatable bonds is 6. The lowest BCUT2D eigenvalue weighted by atomic mass is 9.32. The van der Waals surface area contributed by atoms with E-state index in [1.807, 2.05) is 0 Å². The Hall–Kier alpha value is -0.660. The van der Waals surface area contributed by atoms with E-state index in [-0.39, 0.29) is 29.0 Å². The fourth-order valence-corrected chi connectivity index (χ4v) is 14.3. The largest absolute Gasteiger partial charge is 0.394 e. The Balaban J connectivity index is 1.07. The van der Waals surface area contributed by atoms with E-state index in [0.717, 1.165) is 31.1 Å². The van der Waals surface area contributed by atoms with Gasteiger partial charge in [-0.1, -0.05) is 53.7 Å². The molecule has 5 saturated carbocycles. The van der Waals surface area contributed by atoms with E-state index in [0.29, 0.717) is 28.6 Å². The second-order valence-corrected chi connectivity index (χ2v) is 19.9. The molecule has 0 aromatic heterocycles. The maximum Gasteiger partial charge on any atom is 0.186 e. The summed E-state index contributed by atoms with van der Waals surface area (Å²) >= 11 is 0. The molecule has 0 bridgehead atoms. The van der Waals surface area contributed by atoms with Crippen LogP contribution in [0.25, 0.3) is 0 Å². The van der Waals surface area contributed by atoms with Gasteiger partial charge in [-0.25, -0.2) is 0 Å². The molecular weight excluding hydrogens is 652 g/mol. The summed E-state index contributed by atoms with van der Waals surface area (Å²) in [6.45, 7) is 21.1. The van der Waals surface area contributed by atoms with Crippen LogP contribution in [0.4, 0.5) is 0 Å². The molecule has 10 nitrogen and oxygen atoms in total. The first-order valence-corrected chi connectivity index (χ1v) is 20.1. The van der Waals surface area contributed by atoms with Crippen molar-refractivity contribution < 1.29 is 49.6 Å². The van der Waals surface area contributed by atoms with Gasteiger partial charge in [0.25, 0.3) is 0 Å². The summed E-state index contributed by atoms with van der Waals surface area (Å²) in [6, 6.07) is 0. The zero-order valence-corrected chi connectivity index (χ0v) is 32.2. The first-order valence-electron chi connectivity index (χ1n) is 20.1. The molecule has 2 heterocycles. The van der Waals surface area contributed by atoms with Crippen LogP contribution in [0.1, 0.15) is 113 Å². The van der Waals surface area contributed by atoms with Gasteiger partial charge in [0, 0.05) is 0 Å². The minimum Gasteiger partial charge on any atom is -0.394 e. The van der Waals surface area contributed by atoms with Crippen LogP contribution < -0.4 is 0 Å². The van der Waals surface area contributed by atoms with Gasteiger partial charge in [0.2, 0.25) is 0 Å². The van der Waals surface area contributed by atoms with Crippen LogP contribution >= 0.6 is 0 Å². The summed E-state index contributed by atoms with van der Waals surface area (Å²) in [5, 5.41) is 63.1. The molecule has 0 radical (unpaired) electrons. The van der Waals surface area contributed by atoms with Crippen molar-refractivity contribution >= 4 is 0 Å². The third kappa shape index (κ3) is 5.70. The van der Waals surface area contributed by atoms with Crippen LogP contribution in [-0.4, -0.2) is 105 Å². The van der Waals surface area contributed by atoms with Crippen molar-refractivity contribution in [3.63, 3.8) is 0 Å². The van der Waals surface area contributed by atoms with Crippen molar-refractivity contribution in [2.24, 2.45) is 56.7 Å². The molecule has 19 unspecified atom stereocenters. The van der Waals surface area contributed by atoms with Gasteiger partial charge in [0.1, 0.15) is 42.7 Å². The molecule has 0 aromatic rings. The van der Waals surface area contributed by atoms with Crippen molar-refractivity contribution in [3.05, 3.63) is 12.2 Å². The second-order valence-electron chi connectivity index (χ2n) is 19.9. The average Bonchev–Trinajstić information content (AvgIpc) is 3.43. The summed E-state index contributed by atoms with van der Waals surface area (Å²) in [4.78, 5) is 0. The molecule has 2 aliphatic heterocycles. The van der Waals surface area contributed by atoms with Crippen molar-refractivity contribution in [1.82, 2.24) is 0 Å². The Morgan fingerprint density at radius 3 is 2.12 bits per heavy atom. The molecule has 19 atom stereocenters. The Morgan fingerprint density at radius 1 is 0.725 bits per heavy atom. The van der Waals surface area contributed by atoms with E-state index >= 15 is 0 Å². The van der Waals surface area contributed by atoms with Gasteiger partial charge in [-0.2, -0.15) is 0 Å². The molecular formula is C41H68O10. The average molecular weight is 721 g/mol. The van der Waals surface area contributed by atoms with Crippen LogP contribution in [0.5, 0.6) is 0 Å². The van der Waals surface area contributed by atoms with E-state index < -0.39 is 61.9 Å². The predicted molar refractivity (Wildman–Crippen MR) is 190 cm³/mol. The number of aliphatic hydroxyl groups excluding tert-OH is 6. The standard InChI is InChI=1S/C41H68O10/c1-21(2)22-11-14-38(5)17-18-40(7)23(29(22)38)9-10-27-39(6)15-13-28(37(3,4)26(39)12-16-41(27,40)8)50-36-33(47)31(45)34(25(19-42)49-36)51-35-32(46)30(44)24(43)20-48-35/h22-36,42-47H,1,9-20H2,2-8H3. The van der Waals surface area contributed by atoms with Crippen molar-refractivity contribution in [2.75, 3.05) is 13.2 Å². The summed E-state index contributed by atoms with van der Waals surface area (Å²) < 4.78 is 23.9. The van der Waals surface area contributed by atoms with Crippen LogP contribution in [0, 0.1) is 56.7 Å². The third-order valence-corrected chi connectivity index (χ3v) is 17.3. The summed E-state index contributed by atoms with van der Waals surface area (Å²) in [7, 11) is 0. The fourth-order valence-electron chi connectivity index (χ4n) is 14.3. The highest BCUT2D eigenvalue weighted by molar-refractivity contribution is 5.21. The summed E-state index contributed by atoms with van der Waals surface area (Å²) in [5.74, 6) is 3.15. The van der Waals surface area contributed by atoms with Crippen LogP contribution in [0.3, 0.4) is 0 Å². The van der Waals surface area contributed by atoms with Gasteiger partial charge in [0.15, 0.2) is 12.6 Å². The minimum absolute atomic E-state index is 0.144. The van der Waals surface area contributed by atoms with Gasteiger partial charge in [-0.15, -0.1) is 0 Å². The molecule has 0 amide bonds. The Bertz CT molecular complexity index is 1310. The maximum atomic E-state index is 11.3. The smallest absolute Gasteiger partial charge is 0.186 e. The molecule has 10 heteroatoms. The predicted octanol–water partition coefficient (Wildman–Crippen LogP) is 4.31. The Morgan fingerprint density at radius 2 is 1.43 bits per heavy atom. The zero-order valence-electron chi connectivity index (χ0n) is 32.2. The van der Waals surface area contributed by atoms with Crippen molar-refractivity contribution in [2.45, 2.75) is 174 Å².